The second-order valence-electron chi connectivity index (χ2n) is 22.8. The van der Waals surface area contributed by atoms with Crippen LogP contribution in [0.1, 0.15) is 110 Å². The van der Waals surface area contributed by atoms with Gasteiger partial charge in [0.25, 0.3) is 5.91 Å². The summed E-state index contributed by atoms with van der Waals surface area (Å²) in [5, 5.41) is 23.4. The van der Waals surface area contributed by atoms with Gasteiger partial charge in [-0.25, -0.2) is 4.79 Å². The molecule has 0 radical (unpaired) electrons. The topological polar surface area (TPSA) is 174 Å². The number of anilines is 2. The zero-order chi connectivity index (χ0) is 52.8. The predicted octanol–water partition coefficient (Wildman–Crippen LogP) is 5.88. The normalized spacial score (nSPS) is 24.2. The molecular weight excluding hydrogens is 959 g/mol. The fourth-order valence-electron chi connectivity index (χ4n) is 13.1. The number of carbonyl (C=O) groups is 4. The number of β-amino-alcohol motifs (C(OH)–C–C–N with tert-alkyl or cyclic N) is 1. The Morgan fingerprint density at radius 3 is 2.29 bits per heavy atom. The Morgan fingerprint density at radius 1 is 0.842 bits per heavy atom. The number of ether oxygens (including phenoxy) is 1. The standard InChI is InChI=1S/C60H73N9O7/c1-38-9-13-43(62-44-31-46-35-76-36-47(32-44)64(46)3)33-51(38)56(71)61-39(2)48-15-12-41(49-7-5-6-8-50(48)49)11-10-40-19-25-66(26-20-40)37-60(75)23-29-68(30-24-60)58(73)42-21-27-67(28-22-42)45-14-16-52-54(34-45)65(4)59(74)69(52)53-17-18-55(70)63-57(53)72/h5-9,12-16,33-34,39-40,42,44,46-47,53,62,75H,17-32,35-37H2,1-4H3,(H,61,71)(H,63,70,72)/t39-,44?,46?,47?,53?/m1/s1. The lowest BCUT2D eigenvalue weighted by molar-refractivity contribution is -0.141. The molecule has 400 valence electrons. The minimum atomic E-state index is -0.839. The smallest absolute Gasteiger partial charge is 0.329 e. The number of benzene rings is 4. The Hall–Kier alpha value is -6.51. The lowest BCUT2D eigenvalue weighted by Crippen LogP contribution is -2.57. The molecule has 16 nitrogen and oxygen atoms in total. The van der Waals surface area contributed by atoms with E-state index in [1.54, 1.807) is 11.6 Å². The van der Waals surface area contributed by atoms with Crippen LogP contribution in [0.5, 0.6) is 0 Å². The van der Waals surface area contributed by atoms with E-state index in [-0.39, 0.29) is 54.1 Å². The maximum atomic E-state index is 13.9. The molecule has 76 heavy (non-hydrogen) atoms. The van der Waals surface area contributed by atoms with Gasteiger partial charge in [-0.05, 0) is 150 Å². The molecular formula is C60H73N9O7. The molecule has 16 heteroatoms. The number of piperidine rings is 5. The second kappa shape index (κ2) is 21.5. The number of aliphatic hydroxyl groups is 1. The van der Waals surface area contributed by atoms with Crippen molar-refractivity contribution in [3.8, 4) is 11.8 Å². The maximum Gasteiger partial charge on any atom is 0.329 e. The molecule has 1 aromatic heterocycles. The van der Waals surface area contributed by atoms with Gasteiger partial charge in [-0.15, -0.1) is 0 Å². The molecule has 6 saturated heterocycles. The van der Waals surface area contributed by atoms with Crippen LogP contribution in [0, 0.1) is 30.6 Å². The number of imide groups is 1. The van der Waals surface area contributed by atoms with Gasteiger partial charge in [0.15, 0.2) is 0 Å². The van der Waals surface area contributed by atoms with Crippen molar-refractivity contribution < 1.29 is 29.0 Å². The van der Waals surface area contributed by atoms with Gasteiger partial charge in [-0.3, -0.25) is 38.5 Å². The second-order valence-corrected chi connectivity index (χ2v) is 22.8. The molecule has 7 heterocycles. The first-order valence-electron chi connectivity index (χ1n) is 27.7. The fraction of sp³-hybridized carbons (Fsp3) is 0.517. The highest BCUT2D eigenvalue weighted by Gasteiger charge is 2.40. The van der Waals surface area contributed by atoms with Crippen molar-refractivity contribution in [1.29, 1.82) is 0 Å². The van der Waals surface area contributed by atoms with Crippen LogP contribution in [0.15, 0.2) is 77.6 Å². The van der Waals surface area contributed by atoms with Gasteiger partial charge in [0.2, 0.25) is 17.7 Å². The Morgan fingerprint density at radius 2 is 1.57 bits per heavy atom. The quantitative estimate of drug-likeness (QED) is 0.0973. The van der Waals surface area contributed by atoms with Crippen molar-refractivity contribution in [2.45, 2.75) is 114 Å². The number of likely N-dealkylation sites (N-methyl/N-ethyl adjacent to an activating group) is 1. The first kappa shape index (κ1) is 51.6. The Labute approximate surface area is 445 Å². The third-order valence-electron chi connectivity index (χ3n) is 17.8. The summed E-state index contributed by atoms with van der Waals surface area (Å²) in [4.78, 5) is 74.5. The summed E-state index contributed by atoms with van der Waals surface area (Å²) in [6, 6.07) is 24.7. The number of fused-ring (bicyclic) bond motifs is 4. The largest absolute Gasteiger partial charge is 0.388 e. The molecule has 0 spiro atoms. The van der Waals surface area contributed by atoms with Crippen LogP contribution in [0.2, 0.25) is 0 Å². The van der Waals surface area contributed by atoms with Crippen molar-refractivity contribution in [1.82, 2.24) is 34.5 Å². The van der Waals surface area contributed by atoms with Crippen LogP contribution >= 0.6 is 0 Å². The average molecular weight is 1030 g/mol. The summed E-state index contributed by atoms with van der Waals surface area (Å²) in [6.07, 6.45) is 6.91. The van der Waals surface area contributed by atoms with Crippen molar-refractivity contribution in [2.24, 2.45) is 18.9 Å². The molecule has 6 fully saturated rings. The molecule has 4 aromatic carbocycles. The highest BCUT2D eigenvalue weighted by molar-refractivity contribution is 6.00. The van der Waals surface area contributed by atoms with Crippen molar-refractivity contribution >= 4 is 56.8 Å². The van der Waals surface area contributed by atoms with E-state index in [0.29, 0.717) is 80.3 Å². The first-order chi connectivity index (χ1) is 36.7. The summed E-state index contributed by atoms with van der Waals surface area (Å²) < 4.78 is 8.88. The first-order valence-corrected chi connectivity index (χ1v) is 27.7. The molecule has 2 bridgehead atoms. The Kier molecular flexibility index (Phi) is 14.6. The van der Waals surface area contributed by atoms with Gasteiger partial charge >= 0.3 is 5.69 Å². The summed E-state index contributed by atoms with van der Waals surface area (Å²) in [5.41, 5.74) is 5.82. The molecule has 11 rings (SSSR count). The van der Waals surface area contributed by atoms with Crippen LogP contribution in [0.4, 0.5) is 11.4 Å². The number of aryl methyl sites for hydroxylation is 2. The van der Waals surface area contributed by atoms with Gasteiger partial charge in [-0.2, -0.15) is 0 Å². The van der Waals surface area contributed by atoms with E-state index in [4.69, 9.17) is 4.74 Å². The maximum absolute atomic E-state index is 13.9. The van der Waals surface area contributed by atoms with Crippen molar-refractivity contribution in [3.05, 3.63) is 106 Å². The minimum Gasteiger partial charge on any atom is -0.388 e. The Balaban J connectivity index is 0.641. The molecule has 0 saturated carbocycles. The average Bonchev–Trinajstić information content (AvgIpc) is 3.68. The monoisotopic (exact) mass is 1030 g/mol. The number of amides is 4. The molecule has 4 atom stereocenters. The zero-order valence-electron chi connectivity index (χ0n) is 44.5. The number of morpholine rings is 1. The summed E-state index contributed by atoms with van der Waals surface area (Å²) in [5.74, 6) is 6.62. The number of nitrogens with zero attached hydrogens (tertiary/aromatic N) is 6. The number of hydrogen-bond donors (Lipinski definition) is 4. The van der Waals surface area contributed by atoms with E-state index in [1.165, 1.54) is 4.57 Å². The third-order valence-corrected chi connectivity index (χ3v) is 17.8. The van der Waals surface area contributed by atoms with Crippen molar-refractivity contribution in [3.63, 3.8) is 0 Å². The molecule has 5 aromatic rings. The molecule has 3 unspecified atom stereocenters. The minimum absolute atomic E-state index is 0.0799. The lowest BCUT2D eigenvalue weighted by atomic mass is 9.87. The van der Waals surface area contributed by atoms with Gasteiger partial charge in [0.1, 0.15) is 6.04 Å². The number of hydrogen-bond acceptors (Lipinski definition) is 11. The number of aromatic nitrogens is 2. The van der Waals surface area contributed by atoms with Gasteiger partial charge in [0.05, 0.1) is 35.9 Å². The van der Waals surface area contributed by atoms with Gasteiger partial charge < -0.3 is 35.2 Å². The number of carbonyl (C=O) groups excluding carboxylic acids is 4. The van der Waals surface area contributed by atoms with Crippen LogP contribution < -0.4 is 26.5 Å². The molecule has 4 amide bonds. The third kappa shape index (κ3) is 10.5. The Bertz CT molecular complexity index is 3150. The predicted molar refractivity (Wildman–Crippen MR) is 294 cm³/mol. The summed E-state index contributed by atoms with van der Waals surface area (Å²) >= 11 is 0. The van der Waals surface area contributed by atoms with Crippen LogP contribution in [-0.4, -0.2) is 142 Å². The van der Waals surface area contributed by atoms with Crippen LogP contribution in [-0.2, 0) is 26.2 Å². The number of likely N-dealkylation sites (tertiary alicyclic amines) is 2. The SMILES string of the molecule is Cc1ccc(NC2CC3COCC(C2)N3C)cc1C(=O)N[C@H](C)c1ccc(C#CC2CCN(CC3(O)CCN(C(=O)C4CCN(c5ccc6c(c5)n(C)c(=O)n6C5CCC(=O)NC5=O)CC4)CC3)CC2)c2ccccc12. The van der Waals surface area contributed by atoms with Crippen molar-refractivity contribution in [2.75, 3.05) is 76.3 Å². The van der Waals surface area contributed by atoms with E-state index < -0.39 is 17.6 Å². The molecule has 4 N–H and O–H groups in total. The highest BCUT2D eigenvalue weighted by Crippen LogP contribution is 2.34. The van der Waals surface area contributed by atoms with Crippen LogP contribution in [0.3, 0.4) is 0 Å². The van der Waals surface area contributed by atoms with E-state index in [0.717, 1.165) is 104 Å². The van der Waals surface area contributed by atoms with E-state index in [2.05, 4.69) is 79.9 Å². The van der Waals surface area contributed by atoms with E-state index in [9.17, 15) is 29.1 Å². The van der Waals surface area contributed by atoms with E-state index in [1.807, 2.05) is 61.2 Å². The van der Waals surface area contributed by atoms with Gasteiger partial charge in [0, 0.05) is 98.7 Å². The molecule has 6 aliphatic rings. The van der Waals surface area contributed by atoms with Crippen LogP contribution in [0.25, 0.3) is 21.8 Å². The number of rotatable bonds is 10. The lowest BCUT2D eigenvalue weighted by Gasteiger charge is -2.47. The fourth-order valence-corrected chi connectivity index (χ4v) is 13.1. The summed E-state index contributed by atoms with van der Waals surface area (Å²) in [7, 11) is 3.90. The number of nitrogens with one attached hydrogen (secondary N) is 3. The van der Waals surface area contributed by atoms with E-state index >= 15 is 0 Å². The molecule has 6 aliphatic heterocycles. The molecule has 0 aliphatic carbocycles. The number of imidazole rings is 1. The summed E-state index contributed by atoms with van der Waals surface area (Å²) in [6.45, 7) is 10.4. The zero-order valence-corrected chi connectivity index (χ0v) is 44.5. The highest BCUT2D eigenvalue weighted by atomic mass is 16.5. The van der Waals surface area contributed by atoms with Gasteiger partial charge in [-0.1, -0.05) is 48.2 Å².